The molecule has 23 heavy (non-hydrogen) atoms. The Bertz CT molecular complexity index is 705. The van der Waals surface area contributed by atoms with E-state index in [-0.39, 0.29) is 5.52 Å². The Labute approximate surface area is 143 Å². The normalized spacial score (nSPS) is 13.5. The number of unbranched alkanes of at least 4 members (excludes halogenated alkanes) is 2. The van der Waals surface area contributed by atoms with Crippen molar-refractivity contribution >= 4 is 29.6 Å². The lowest BCUT2D eigenvalue weighted by Gasteiger charge is -2.19. The Kier molecular flexibility index (Phi) is 6.21. The minimum Gasteiger partial charge on any atom is -0.310 e. The summed E-state index contributed by atoms with van der Waals surface area (Å²) in [5, 5.41) is 1.00. The van der Waals surface area contributed by atoms with Gasteiger partial charge in [-0.15, -0.1) is 0 Å². The first-order chi connectivity index (χ1) is 11.0. The van der Waals surface area contributed by atoms with Crippen molar-refractivity contribution in [3.63, 3.8) is 0 Å². The molecule has 1 atom stereocenters. The molecule has 4 heteroatoms. The van der Waals surface area contributed by atoms with Crippen LogP contribution in [-0.2, 0) is 4.57 Å². The molecule has 1 unspecified atom stereocenters. The van der Waals surface area contributed by atoms with E-state index in [4.69, 9.17) is 11.6 Å². The zero-order valence-corrected chi connectivity index (χ0v) is 15.2. The van der Waals surface area contributed by atoms with Crippen LogP contribution in [-0.4, -0.2) is 11.7 Å². The fraction of sp³-hybridized carbons (Fsp3) is 0.316. The van der Waals surface area contributed by atoms with Crippen LogP contribution in [0.3, 0.4) is 0 Å². The van der Waals surface area contributed by atoms with Crippen molar-refractivity contribution in [2.45, 2.75) is 33.1 Å². The zero-order valence-electron chi connectivity index (χ0n) is 13.6. The summed E-state index contributed by atoms with van der Waals surface area (Å²) in [6.45, 7) is 3.92. The summed E-state index contributed by atoms with van der Waals surface area (Å²) in [5.41, 5.74) is 0.856. The number of halogens is 1. The highest BCUT2D eigenvalue weighted by atomic mass is 35.5. The monoisotopic (exact) mass is 348 g/mol. The molecule has 0 radical (unpaired) electrons. The van der Waals surface area contributed by atoms with Crippen molar-refractivity contribution in [1.82, 2.24) is 0 Å². The van der Waals surface area contributed by atoms with Crippen molar-refractivity contribution < 1.29 is 9.36 Å². The molecule has 2 aromatic rings. The van der Waals surface area contributed by atoms with E-state index in [0.717, 1.165) is 24.8 Å². The fourth-order valence-corrected chi connectivity index (χ4v) is 5.73. The van der Waals surface area contributed by atoms with Gasteiger partial charge in [-0.2, -0.15) is 0 Å². The molecule has 0 bridgehead atoms. The lowest BCUT2D eigenvalue weighted by atomic mass is 10.1. The van der Waals surface area contributed by atoms with Gasteiger partial charge < -0.3 is 4.57 Å². The summed E-state index contributed by atoms with van der Waals surface area (Å²) in [7, 11) is -3.19. The maximum atomic E-state index is 13.7. The first-order valence-corrected chi connectivity index (χ1v) is 10.2. The molecule has 2 rings (SSSR count). The van der Waals surface area contributed by atoms with E-state index in [0.29, 0.717) is 22.1 Å². The highest BCUT2D eigenvalue weighted by Gasteiger charge is 2.35. The van der Waals surface area contributed by atoms with Crippen LogP contribution in [0.1, 0.15) is 42.1 Å². The summed E-state index contributed by atoms with van der Waals surface area (Å²) in [5.74, 6) is 0. The Morgan fingerprint density at radius 1 is 1.04 bits per heavy atom. The third-order valence-electron chi connectivity index (χ3n) is 4.01. The molecule has 0 aliphatic heterocycles. The van der Waals surface area contributed by atoms with E-state index in [1.807, 2.05) is 31.2 Å². The molecular weight excluding hydrogens is 327 g/mol. The van der Waals surface area contributed by atoms with Crippen LogP contribution >= 0.6 is 18.7 Å². The number of carbonyl (C=O) groups excluding carboxylic acids is 1. The Morgan fingerprint density at radius 2 is 1.74 bits per heavy atom. The van der Waals surface area contributed by atoms with Gasteiger partial charge in [0, 0.05) is 17.0 Å². The van der Waals surface area contributed by atoms with Gasteiger partial charge in [0.25, 0.3) is 0 Å². The Balaban J connectivity index is 2.49. The predicted octanol–water partition coefficient (Wildman–Crippen LogP) is 5.67. The third kappa shape index (κ3) is 3.94. The van der Waals surface area contributed by atoms with Crippen LogP contribution in [0.25, 0.3) is 0 Å². The number of aryl methyl sites for hydroxylation is 1. The summed E-state index contributed by atoms with van der Waals surface area (Å²) in [4.78, 5) is 13.2. The van der Waals surface area contributed by atoms with Crippen LogP contribution in [0, 0.1) is 6.92 Å². The third-order valence-corrected chi connectivity index (χ3v) is 7.29. The number of hydrogen-bond acceptors (Lipinski definition) is 2. The lowest BCUT2D eigenvalue weighted by molar-refractivity contribution is 0.107. The van der Waals surface area contributed by atoms with Gasteiger partial charge in [-0.05, 0) is 25.0 Å². The topological polar surface area (TPSA) is 34.1 Å². The molecule has 0 N–H and O–H groups in total. The van der Waals surface area contributed by atoms with E-state index < -0.39 is 7.14 Å². The van der Waals surface area contributed by atoms with Crippen LogP contribution in [0.4, 0.5) is 0 Å². The molecule has 0 fully saturated rings. The molecular formula is C19H22ClO2P. The maximum absolute atomic E-state index is 13.7. The lowest BCUT2D eigenvalue weighted by Crippen LogP contribution is -2.17. The second-order valence-electron chi connectivity index (χ2n) is 5.74. The largest absolute Gasteiger partial charge is 0.310 e. The number of benzene rings is 2. The molecule has 0 amide bonds. The summed E-state index contributed by atoms with van der Waals surface area (Å²) >= 11 is 6.24. The minimum atomic E-state index is -3.19. The van der Waals surface area contributed by atoms with Gasteiger partial charge in [0.2, 0.25) is 5.52 Å². The van der Waals surface area contributed by atoms with Crippen LogP contribution in [0.2, 0.25) is 5.02 Å². The SMILES string of the molecule is CCCCCP(=O)(C(=O)c1c(C)cccc1Cl)c1ccccc1. The van der Waals surface area contributed by atoms with Crippen molar-refractivity contribution in [2.24, 2.45) is 0 Å². The molecule has 0 aromatic heterocycles. The van der Waals surface area contributed by atoms with Gasteiger partial charge in [0.15, 0.2) is 7.14 Å². The second kappa shape index (κ2) is 7.95. The maximum Gasteiger partial charge on any atom is 0.227 e. The van der Waals surface area contributed by atoms with Crippen molar-refractivity contribution in [1.29, 1.82) is 0 Å². The average molecular weight is 349 g/mol. The summed E-state index contributed by atoms with van der Waals surface area (Å²) < 4.78 is 13.7. The van der Waals surface area contributed by atoms with E-state index in [2.05, 4.69) is 6.92 Å². The van der Waals surface area contributed by atoms with Crippen LogP contribution in [0.5, 0.6) is 0 Å². The van der Waals surface area contributed by atoms with Gasteiger partial charge in [-0.3, -0.25) is 4.79 Å². The standard InChI is InChI=1S/C19H22ClO2P/c1-3-4-8-14-23(22,16-11-6-5-7-12-16)19(21)18-15(2)10-9-13-17(18)20/h5-7,9-13H,3-4,8,14H2,1-2H3. The second-order valence-corrected chi connectivity index (χ2v) is 9.00. The van der Waals surface area contributed by atoms with E-state index in [9.17, 15) is 9.36 Å². The quantitative estimate of drug-likeness (QED) is 0.477. The predicted molar refractivity (Wildman–Crippen MR) is 98.6 cm³/mol. The summed E-state index contributed by atoms with van der Waals surface area (Å²) in [6, 6.07) is 14.4. The summed E-state index contributed by atoms with van der Waals surface area (Å²) in [6.07, 6.45) is 3.16. The Hall–Kier alpha value is -1.37. The first kappa shape index (κ1) is 18.0. The number of rotatable bonds is 7. The molecule has 0 heterocycles. The average Bonchev–Trinajstić information content (AvgIpc) is 2.55. The molecule has 0 spiro atoms. The number of carbonyl (C=O) groups is 1. The van der Waals surface area contributed by atoms with E-state index >= 15 is 0 Å². The molecule has 0 aliphatic carbocycles. The number of hydrogen-bond donors (Lipinski definition) is 0. The van der Waals surface area contributed by atoms with Gasteiger partial charge in [0.1, 0.15) is 0 Å². The van der Waals surface area contributed by atoms with E-state index in [1.54, 1.807) is 24.3 Å². The van der Waals surface area contributed by atoms with Gasteiger partial charge in [-0.25, -0.2) is 0 Å². The van der Waals surface area contributed by atoms with Crippen molar-refractivity contribution in [3.8, 4) is 0 Å². The molecule has 2 nitrogen and oxygen atoms in total. The smallest absolute Gasteiger partial charge is 0.227 e. The molecule has 2 aromatic carbocycles. The molecule has 0 aliphatic rings. The van der Waals surface area contributed by atoms with Gasteiger partial charge in [-0.1, -0.05) is 73.8 Å². The van der Waals surface area contributed by atoms with Crippen LogP contribution < -0.4 is 5.30 Å². The zero-order chi connectivity index (χ0) is 16.9. The van der Waals surface area contributed by atoms with E-state index in [1.165, 1.54) is 0 Å². The van der Waals surface area contributed by atoms with Gasteiger partial charge in [0.05, 0.1) is 5.02 Å². The van der Waals surface area contributed by atoms with Gasteiger partial charge >= 0.3 is 0 Å². The molecule has 0 saturated carbocycles. The highest BCUT2D eigenvalue weighted by molar-refractivity contribution is 7.87. The van der Waals surface area contributed by atoms with Crippen molar-refractivity contribution in [2.75, 3.05) is 6.16 Å². The fourth-order valence-electron chi connectivity index (χ4n) is 2.68. The first-order valence-electron chi connectivity index (χ1n) is 7.95. The molecule has 0 saturated heterocycles. The van der Waals surface area contributed by atoms with Crippen LogP contribution in [0.15, 0.2) is 48.5 Å². The minimum absolute atomic E-state index is 0.317. The van der Waals surface area contributed by atoms with Crippen molar-refractivity contribution in [3.05, 3.63) is 64.7 Å². The highest BCUT2D eigenvalue weighted by Crippen LogP contribution is 2.50. The molecule has 122 valence electrons. The Morgan fingerprint density at radius 3 is 2.35 bits per heavy atom.